The third-order valence-electron chi connectivity index (χ3n) is 12.1. The van der Waals surface area contributed by atoms with Gasteiger partial charge in [0, 0.05) is 39.8 Å². The molecule has 0 aromatic carbocycles. The minimum atomic E-state index is -0.778. The van der Waals surface area contributed by atoms with Crippen LogP contribution in [0, 0.1) is 0 Å². The Morgan fingerprint density at radius 2 is 0.857 bits per heavy atom. The standard InChI is InChI=1S/C54H98N4O12/c1-9-11-25-33-49(69-53(65)43-57(5,6)39-41-67-45(3)59)47(61)31-27-21-17-13-15-19-23-29-35-51(63)55-37-38-56-52(64)36-30-24-20-16-14-18-22-28-32-48(62)50(34-26-12-10-2)70-54(66)44-58(7,8)40-42-68-46(4)60/h21-22,27-28,47-50,61-62H,9-20,23-26,29-44H2,1-8H3/p+2. The Bertz CT molecular complexity index is 1380. The van der Waals surface area contributed by atoms with Gasteiger partial charge in [-0.2, -0.15) is 0 Å². The van der Waals surface area contributed by atoms with Gasteiger partial charge >= 0.3 is 23.9 Å². The minimum absolute atomic E-state index is 0.000380. The van der Waals surface area contributed by atoms with Gasteiger partial charge in [0.05, 0.1) is 40.4 Å². The molecule has 406 valence electrons. The highest BCUT2D eigenvalue weighted by Crippen LogP contribution is 2.18. The molecule has 0 rings (SSSR count). The fourth-order valence-electron chi connectivity index (χ4n) is 7.74. The Hall–Kier alpha value is -3.86. The molecule has 16 nitrogen and oxygen atoms in total. The van der Waals surface area contributed by atoms with E-state index >= 15 is 0 Å². The van der Waals surface area contributed by atoms with Gasteiger partial charge in [0.15, 0.2) is 13.1 Å². The van der Waals surface area contributed by atoms with Crippen LogP contribution in [0.1, 0.15) is 182 Å². The highest BCUT2D eigenvalue weighted by Gasteiger charge is 2.29. The van der Waals surface area contributed by atoms with E-state index < -0.39 is 24.4 Å². The Labute approximate surface area is 423 Å². The maximum atomic E-state index is 12.8. The number of hydrogen-bond donors (Lipinski definition) is 4. The van der Waals surface area contributed by atoms with Gasteiger partial charge < -0.3 is 48.8 Å². The largest absolute Gasteiger partial charge is 0.460 e. The van der Waals surface area contributed by atoms with Crippen molar-refractivity contribution in [3.63, 3.8) is 0 Å². The summed E-state index contributed by atoms with van der Waals surface area (Å²) < 4.78 is 22.2. The molecule has 2 amide bonds. The number of aliphatic hydroxyl groups excluding tert-OH is 2. The molecule has 0 radical (unpaired) electrons. The second-order valence-corrected chi connectivity index (χ2v) is 20.2. The average molecular weight is 997 g/mol. The highest BCUT2D eigenvalue weighted by molar-refractivity contribution is 5.77. The predicted molar refractivity (Wildman–Crippen MR) is 275 cm³/mol. The number of nitrogens with one attached hydrogen (secondary N) is 2. The van der Waals surface area contributed by atoms with Gasteiger partial charge in [0.25, 0.3) is 0 Å². The molecule has 0 spiro atoms. The number of aliphatic hydroxyl groups is 2. The third kappa shape index (κ3) is 40.8. The molecule has 0 aromatic rings. The number of ether oxygens (including phenoxy) is 4. The normalized spacial score (nSPS) is 13.7. The van der Waals surface area contributed by atoms with Gasteiger partial charge in [0.2, 0.25) is 11.8 Å². The lowest BCUT2D eigenvalue weighted by atomic mass is 10.0. The number of likely N-dealkylation sites (N-methyl/N-ethyl adjacent to an activating group) is 2. The summed E-state index contributed by atoms with van der Waals surface area (Å²) in [6.07, 6.45) is 25.8. The number of rotatable bonds is 45. The molecule has 4 atom stereocenters. The minimum Gasteiger partial charge on any atom is -0.460 e. The highest BCUT2D eigenvalue weighted by atomic mass is 16.6. The average Bonchev–Trinajstić information content (AvgIpc) is 3.27. The zero-order valence-corrected chi connectivity index (χ0v) is 45.1. The fourth-order valence-corrected chi connectivity index (χ4v) is 7.74. The Morgan fingerprint density at radius 1 is 0.500 bits per heavy atom. The van der Waals surface area contributed by atoms with Gasteiger partial charge in [-0.15, -0.1) is 0 Å². The van der Waals surface area contributed by atoms with Crippen LogP contribution in [-0.4, -0.2) is 160 Å². The first-order valence-electron chi connectivity index (χ1n) is 26.8. The summed E-state index contributed by atoms with van der Waals surface area (Å²) in [5.74, 6) is -1.45. The van der Waals surface area contributed by atoms with E-state index in [4.69, 9.17) is 18.9 Å². The zero-order valence-electron chi connectivity index (χ0n) is 45.1. The summed E-state index contributed by atoms with van der Waals surface area (Å²) in [6.45, 7) is 9.41. The molecule has 0 heterocycles. The lowest BCUT2D eigenvalue weighted by Crippen LogP contribution is -2.47. The van der Waals surface area contributed by atoms with Gasteiger partial charge in [-0.3, -0.25) is 19.2 Å². The van der Waals surface area contributed by atoms with Crippen LogP contribution in [0.3, 0.4) is 0 Å². The number of amides is 2. The van der Waals surface area contributed by atoms with Crippen molar-refractivity contribution in [2.24, 2.45) is 0 Å². The lowest BCUT2D eigenvalue weighted by molar-refractivity contribution is -0.883. The van der Waals surface area contributed by atoms with Crippen molar-refractivity contribution in [2.75, 3.05) is 80.7 Å². The van der Waals surface area contributed by atoms with Crippen LogP contribution in [-0.2, 0) is 47.7 Å². The van der Waals surface area contributed by atoms with Crippen molar-refractivity contribution < 1.29 is 66.9 Å². The molecule has 0 bridgehead atoms. The number of unbranched alkanes of at least 4 members (excludes halogenated alkanes) is 14. The monoisotopic (exact) mass is 997 g/mol. The van der Waals surface area contributed by atoms with Crippen molar-refractivity contribution in [3.8, 4) is 0 Å². The summed E-state index contributed by atoms with van der Waals surface area (Å²) in [5, 5.41) is 27.6. The van der Waals surface area contributed by atoms with Crippen LogP contribution >= 0.6 is 0 Å². The van der Waals surface area contributed by atoms with Crippen molar-refractivity contribution in [1.29, 1.82) is 0 Å². The molecule has 0 fully saturated rings. The molecule has 0 aliphatic heterocycles. The molecule has 0 saturated carbocycles. The maximum Gasteiger partial charge on any atom is 0.362 e. The van der Waals surface area contributed by atoms with Gasteiger partial charge in [0.1, 0.15) is 38.5 Å². The van der Waals surface area contributed by atoms with Crippen molar-refractivity contribution in [2.45, 2.75) is 206 Å². The number of hydrogen-bond acceptors (Lipinski definition) is 12. The molecular formula is C54H100N4O12+2. The molecule has 4 N–H and O–H groups in total. The van der Waals surface area contributed by atoms with Crippen LogP contribution in [0.5, 0.6) is 0 Å². The maximum absolute atomic E-state index is 12.8. The van der Waals surface area contributed by atoms with E-state index in [1.807, 2.05) is 40.3 Å². The topological polar surface area (TPSA) is 204 Å². The molecule has 0 saturated heterocycles. The Balaban J connectivity index is 4.12. The van der Waals surface area contributed by atoms with Gasteiger partial charge in [-0.25, -0.2) is 9.59 Å². The first-order valence-corrected chi connectivity index (χ1v) is 26.8. The van der Waals surface area contributed by atoms with E-state index in [9.17, 15) is 39.0 Å². The second kappa shape index (κ2) is 41.7. The van der Waals surface area contributed by atoms with Crippen molar-refractivity contribution in [1.82, 2.24) is 10.6 Å². The summed E-state index contributed by atoms with van der Waals surface area (Å²) >= 11 is 0. The smallest absolute Gasteiger partial charge is 0.362 e. The molecule has 0 aliphatic carbocycles. The van der Waals surface area contributed by atoms with Crippen molar-refractivity contribution in [3.05, 3.63) is 24.3 Å². The number of nitrogens with zero attached hydrogens (tertiary/aromatic N) is 2. The van der Waals surface area contributed by atoms with E-state index in [1.54, 1.807) is 0 Å². The molecule has 16 heteroatoms. The number of esters is 4. The van der Waals surface area contributed by atoms with Gasteiger partial charge in [-0.1, -0.05) is 102 Å². The molecule has 0 aromatic heterocycles. The van der Waals surface area contributed by atoms with Crippen LogP contribution in [0.4, 0.5) is 0 Å². The number of carbonyl (C=O) groups is 6. The first kappa shape index (κ1) is 66.1. The molecule has 0 aliphatic rings. The number of carbonyl (C=O) groups excluding carboxylic acids is 6. The zero-order chi connectivity index (χ0) is 52.5. The van der Waals surface area contributed by atoms with E-state index in [0.717, 1.165) is 116 Å². The van der Waals surface area contributed by atoms with Gasteiger partial charge in [-0.05, 0) is 77.0 Å². The summed E-state index contributed by atoms with van der Waals surface area (Å²) in [6, 6.07) is 0. The fraction of sp³-hybridized carbons (Fsp3) is 0.815. The van der Waals surface area contributed by atoms with E-state index in [-0.39, 0.29) is 62.0 Å². The Kier molecular flexibility index (Phi) is 39.4. The van der Waals surface area contributed by atoms with E-state index in [0.29, 0.717) is 73.7 Å². The molecular weight excluding hydrogens is 897 g/mol. The summed E-state index contributed by atoms with van der Waals surface area (Å²) in [7, 11) is 7.51. The lowest BCUT2D eigenvalue weighted by Gasteiger charge is -2.30. The van der Waals surface area contributed by atoms with Crippen LogP contribution in [0.15, 0.2) is 24.3 Å². The van der Waals surface area contributed by atoms with E-state index in [1.165, 1.54) is 13.8 Å². The van der Waals surface area contributed by atoms with Crippen molar-refractivity contribution >= 4 is 35.7 Å². The third-order valence-corrected chi connectivity index (χ3v) is 12.1. The summed E-state index contributed by atoms with van der Waals surface area (Å²) in [4.78, 5) is 72.3. The van der Waals surface area contributed by atoms with E-state index in [2.05, 4.69) is 36.6 Å². The predicted octanol–water partition coefficient (Wildman–Crippen LogP) is 7.56. The Morgan fingerprint density at radius 3 is 1.21 bits per heavy atom. The van der Waals surface area contributed by atoms with Crippen LogP contribution < -0.4 is 10.6 Å². The number of allylic oxidation sites excluding steroid dienone is 2. The molecule has 4 unspecified atom stereocenters. The second-order valence-electron chi connectivity index (χ2n) is 20.2. The quantitative estimate of drug-likeness (QED) is 0.0154. The van der Waals surface area contributed by atoms with Crippen LogP contribution in [0.2, 0.25) is 0 Å². The van der Waals surface area contributed by atoms with Crippen LogP contribution in [0.25, 0.3) is 0 Å². The summed E-state index contributed by atoms with van der Waals surface area (Å²) in [5.41, 5.74) is 0. The SMILES string of the molecule is CCCCCC(OC(=O)C[N+](C)(C)CCOC(C)=O)C(O)CC=CCCCCCCCC(=O)NCCNC(=O)CCCCCCCC=CCC(O)C(CCCCC)OC(=O)C[N+](C)(C)CCOC(C)=O. The first-order chi connectivity index (χ1) is 33.3. The number of quaternary nitrogens is 2. The molecule has 70 heavy (non-hydrogen) atoms.